The first-order valence-corrected chi connectivity index (χ1v) is 4.79. The largest absolute Gasteiger partial charge is 0.508 e. The molecule has 0 bridgehead atoms. The van der Waals surface area contributed by atoms with Crippen molar-refractivity contribution in [3.8, 4) is 5.75 Å². The van der Waals surface area contributed by atoms with Crippen LogP contribution in [0.4, 0.5) is 0 Å². The zero-order valence-electron chi connectivity index (χ0n) is 7.20. The van der Waals surface area contributed by atoms with E-state index in [9.17, 15) is 5.11 Å². The highest BCUT2D eigenvalue weighted by atomic mass is 79.9. The second-order valence-corrected chi connectivity index (χ2v) is 3.75. The van der Waals surface area contributed by atoms with Crippen LogP contribution < -0.4 is 5.73 Å². The third-order valence-electron chi connectivity index (χ3n) is 1.81. The van der Waals surface area contributed by atoms with Gasteiger partial charge in [0.05, 0.1) is 0 Å². The molecule has 1 unspecified atom stereocenters. The summed E-state index contributed by atoms with van der Waals surface area (Å²) in [5, 5.41) is 9.50. The van der Waals surface area contributed by atoms with Crippen LogP contribution in [0.2, 0.25) is 0 Å². The fraction of sp³-hybridized carbons (Fsp3) is 0.200. The lowest BCUT2D eigenvalue weighted by Gasteiger charge is -2.11. The van der Waals surface area contributed by atoms with Crippen LogP contribution in [0, 0.1) is 0 Å². The summed E-state index contributed by atoms with van der Waals surface area (Å²) in [6.07, 6.45) is 2.40. The van der Waals surface area contributed by atoms with Gasteiger partial charge >= 0.3 is 0 Å². The smallest absolute Gasteiger partial charge is 0.120 e. The molecule has 0 saturated carbocycles. The van der Waals surface area contributed by atoms with E-state index in [4.69, 9.17) is 5.73 Å². The van der Waals surface area contributed by atoms with Gasteiger partial charge in [-0.2, -0.15) is 0 Å². The van der Waals surface area contributed by atoms with Gasteiger partial charge in [0.15, 0.2) is 0 Å². The van der Waals surface area contributed by atoms with Crippen molar-refractivity contribution in [2.75, 3.05) is 0 Å². The molecule has 0 aliphatic carbocycles. The molecule has 70 valence electrons. The van der Waals surface area contributed by atoms with Gasteiger partial charge in [-0.25, -0.2) is 0 Å². The minimum Gasteiger partial charge on any atom is -0.508 e. The number of hydrogen-bond donors (Lipinski definition) is 2. The molecule has 0 aliphatic rings. The number of halogens is 1. The molecule has 1 atom stereocenters. The fourth-order valence-corrected chi connectivity index (χ4v) is 1.51. The number of nitrogens with two attached hydrogens (primary N) is 1. The van der Waals surface area contributed by atoms with Gasteiger partial charge in [-0.3, -0.25) is 0 Å². The average molecular weight is 242 g/mol. The molecule has 0 amide bonds. The topological polar surface area (TPSA) is 46.2 Å². The lowest BCUT2D eigenvalue weighted by Crippen LogP contribution is -2.09. The van der Waals surface area contributed by atoms with Crippen LogP contribution in [0.5, 0.6) is 5.75 Å². The summed E-state index contributed by atoms with van der Waals surface area (Å²) < 4.78 is 0.916. The predicted molar refractivity (Wildman–Crippen MR) is 57.5 cm³/mol. The molecule has 13 heavy (non-hydrogen) atoms. The van der Waals surface area contributed by atoms with Crippen molar-refractivity contribution < 1.29 is 5.11 Å². The van der Waals surface area contributed by atoms with Gasteiger partial charge in [-0.15, -0.1) is 6.58 Å². The molecule has 0 aromatic heterocycles. The van der Waals surface area contributed by atoms with E-state index in [1.807, 2.05) is 6.07 Å². The Hall–Kier alpha value is -0.800. The minimum atomic E-state index is -0.185. The third-order valence-corrected chi connectivity index (χ3v) is 2.30. The SMILES string of the molecule is C=CCC(N)c1cc(Br)ccc1O. The number of phenols is 1. The molecule has 3 N–H and O–H groups in total. The Morgan fingerprint density at radius 2 is 2.31 bits per heavy atom. The summed E-state index contributed by atoms with van der Waals surface area (Å²) >= 11 is 3.32. The first kappa shape index (κ1) is 10.3. The van der Waals surface area contributed by atoms with Gasteiger partial charge in [0, 0.05) is 16.1 Å². The second kappa shape index (κ2) is 4.44. The normalized spacial score (nSPS) is 12.5. The van der Waals surface area contributed by atoms with Crippen molar-refractivity contribution in [1.82, 2.24) is 0 Å². The summed E-state index contributed by atoms with van der Waals surface area (Å²) in [5.74, 6) is 0.234. The highest BCUT2D eigenvalue weighted by Gasteiger charge is 2.09. The lowest BCUT2D eigenvalue weighted by atomic mass is 10.0. The quantitative estimate of drug-likeness (QED) is 0.800. The van der Waals surface area contributed by atoms with Crippen molar-refractivity contribution in [3.05, 3.63) is 40.9 Å². The van der Waals surface area contributed by atoms with Crippen LogP contribution in [0.25, 0.3) is 0 Å². The van der Waals surface area contributed by atoms with Crippen molar-refractivity contribution in [2.45, 2.75) is 12.5 Å². The highest BCUT2D eigenvalue weighted by Crippen LogP contribution is 2.27. The van der Waals surface area contributed by atoms with Gasteiger partial charge in [0.2, 0.25) is 0 Å². The maximum absolute atomic E-state index is 9.50. The van der Waals surface area contributed by atoms with E-state index in [-0.39, 0.29) is 11.8 Å². The predicted octanol–water partition coefficient (Wildman–Crippen LogP) is 2.73. The van der Waals surface area contributed by atoms with Gasteiger partial charge in [-0.05, 0) is 24.6 Å². The monoisotopic (exact) mass is 241 g/mol. The zero-order valence-corrected chi connectivity index (χ0v) is 8.79. The number of phenolic OH excluding ortho intramolecular Hbond substituents is 1. The summed E-state index contributed by atoms with van der Waals surface area (Å²) in [7, 11) is 0. The summed E-state index contributed by atoms with van der Waals surface area (Å²) in [4.78, 5) is 0. The Bertz CT molecular complexity index is 312. The maximum Gasteiger partial charge on any atom is 0.120 e. The van der Waals surface area contributed by atoms with Crippen LogP contribution in [0.3, 0.4) is 0 Å². The number of aromatic hydroxyl groups is 1. The molecule has 0 aliphatic heterocycles. The standard InChI is InChI=1S/C10H12BrNO/c1-2-3-9(12)8-6-7(11)4-5-10(8)13/h2,4-6,9,13H,1,3,12H2. The second-order valence-electron chi connectivity index (χ2n) is 2.83. The Labute approximate surface area is 86.2 Å². The molecular weight excluding hydrogens is 230 g/mol. The first-order valence-electron chi connectivity index (χ1n) is 4.00. The van der Waals surface area contributed by atoms with E-state index in [0.717, 1.165) is 10.0 Å². The molecule has 0 fully saturated rings. The molecule has 0 saturated heterocycles. The number of rotatable bonds is 3. The zero-order chi connectivity index (χ0) is 9.84. The van der Waals surface area contributed by atoms with Crippen molar-refractivity contribution in [3.63, 3.8) is 0 Å². The first-order chi connectivity index (χ1) is 6.15. The molecule has 1 rings (SSSR count). The van der Waals surface area contributed by atoms with Crippen molar-refractivity contribution >= 4 is 15.9 Å². The van der Waals surface area contributed by atoms with Crippen LogP contribution in [0.1, 0.15) is 18.0 Å². The van der Waals surface area contributed by atoms with Crippen LogP contribution in [-0.4, -0.2) is 5.11 Å². The summed E-state index contributed by atoms with van der Waals surface area (Å²) in [5.41, 5.74) is 6.57. The molecule has 3 heteroatoms. The minimum absolute atomic E-state index is 0.185. The molecular formula is C10H12BrNO. The van der Waals surface area contributed by atoms with Crippen LogP contribution in [0.15, 0.2) is 35.3 Å². The van der Waals surface area contributed by atoms with Crippen LogP contribution in [-0.2, 0) is 0 Å². The van der Waals surface area contributed by atoms with Gasteiger partial charge in [-0.1, -0.05) is 22.0 Å². The number of hydrogen-bond acceptors (Lipinski definition) is 2. The Kier molecular flexibility index (Phi) is 3.51. The van der Waals surface area contributed by atoms with Gasteiger partial charge < -0.3 is 10.8 Å². The summed E-state index contributed by atoms with van der Waals surface area (Å²) in [6, 6.07) is 5.04. The molecule has 0 heterocycles. The Balaban J connectivity index is 2.97. The van der Waals surface area contributed by atoms with Crippen LogP contribution >= 0.6 is 15.9 Å². The maximum atomic E-state index is 9.50. The fourth-order valence-electron chi connectivity index (χ4n) is 1.13. The molecule has 1 aromatic carbocycles. The van der Waals surface area contributed by atoms with E-state index < -0.39 is 0 Å². The van der Waals surface area contributed by atoms with Crippen molar-refractivity contribution in [2.24, 2.45) is 5.73 Å². The Morgan fingerprint density at radius 1 is 1.62 bits per heavy atom. The van der Waals surface area contributed by atoms with Crippen molar-refractivity contribution in [1.29, 1.82) is 0 Å². The van der Waals surface area contributed by atoms with E-state index in [0.29, 0.717) is 6.42 Å². The highest BCUT2D eigenvalue weighted by molar-refractivity contribution is 9.10. The van der Waals surface area contributed by atoms with Gasteiger partial charge in [0.1, 0.15) is 5.75 Å². The van der Waals surface area contributed by atoms with E-state index >= 15 is 0 Å². The third kappa shape index (κ3) is 2.57. The average Bonchev–Trinajstić information content (AvgIpc) is 2.09. The lowest BCUT2D eigenvalue weighted by molar-refractivity contribution is 0.461. The number of benzene rings is 1. The summed E-state index contributed by atoms with van der Waals surface area (Å²) in [6.45, 7) is 3.60. The molecule has 2 nitrogen and oxygen atoms in total. The molecule has 0 spiro atoms. The molecule has 0 radical (unpaired) electrons. The van der Waals surface area contributed by atoms with Gasteiger partial charge in [0.25, 0.3) is 0 Å². The van der Waals surface area contributed by atoms with E-state index in [1.54, 1.807) is 18.2 Å². The van der Waals surface area contributed by atoms with E-state index in [1.165, 1.54) is 0 Å². The van der Waals surface area contributed by atoms with E-state index in [2.05, 4.69) is 22.5 Å². The Morgan fingerprint density at radius 3 is 2.92 bits per heavy atom. The molecule has 1 aromatic rings.